The summed E-state index contributed by atoms with van der Waals surface area (Å²) in [6, 6.07) is 22.9. The fourth-order valence-electron chi connectivity index (χ4n) is 4.68. The van der Waals surface area contributed by atoms with Crippen LogP contribution in [0.2, 0.25) is 0 Å². The first-order valence-electron chi connectivity index (χ1n) is 10.5. The highest BCUT2D eigenvalue weighted by Crippen LogP contribution is 2.37. The van der Waals surface area contributed by atoms with Crippen LogP contribution >= 0.6 is 0 Å². The molecule has 4 heterocycles. The molecule has 31 heavy (non-hydrogen) atoms. The molecular formula is C26H20N4O. The Morgan fingerprint density at radius 3 is 2.19 bits per heavy atom. The third kappa shape index (κ3) is 2.10. The van der Waals surface area contributed by atoms with Crippen molar-refractivity contribution in [1.29, 1.82) is 0 Å². The van der Waals surface area contributed by atoms with E-state index in [2.05, 4.69) is 59.9 Å². The van der Waals surface area contributed by atoms with E-state index in [0.717, 1.165) is 55.6 Å². The number of aromatic nitrogens is 4. The van der Waals surface area contributed by atoms with E-state index >= 15 is 0 Å². The number of furan rings is 1. The molecule has 3 aromatic carbocycles. The summed E-state index contributed by atoms with van der Waals surface area (Å²) in [4.78, 5) is 9.98. The van der Waals surface area contributed by atoms with E-state index < -0.39 is 0 Å². The molecule has 0 atom stereocenters. The first kappa shape index (κ1) is 16.9. The minimum Gasteiger partial charge on any atom is -0.439 e. The molecule has 7 rings (SSSR count). The zero-order chi connectivity index (χ0) is 20.9. The number of benzene rings is 3. The highest BCUT2D eigenvalue weighted by molar-refractivity contribution is 6.14. The second-order valence-corrected chi connectivity index (χ2v) is 9.24. The van der Waals surface area contributed by atoms with Gasteiger partial charge in [-0.3, -0.25) is 4.40 Å². The summed E-state index contributed by atoms with van der Waals surface area (Å²) < 4.78 is 10.8. The highest BCUT2D eigenvalue weighted by Gasteiger charge is 2.23. The van der Waals surface area contributed by atoms with E-state index in [1.807, 2.05) is 36.4 Å². The van der Waals surface area contributed by atoms with Gasteiger partial charge in [-0.05, 0) is 47.4 Å². The molecule has 4 aromatic heterocycles. The molecule has 0 aliphatic heterocycles. The molecule has 0 bridgehead atoms. The monoisotopic (exact) mass is 404 g/mol. The van der Waals surface area contributed by atoms with Crippen LogP contribution in [0.4, 0.5) is 0 Å². The molecule has 0 fully saturated rings. The van der Waals surface area contributed by atoms with Gasteiger partial charge in [0.2, 0.25) is 11.5 Å². The first-order chi connectivity index (χ1) is 15.0. The Balaban J connectivity index is 1.81. The number of rotatable bonds is 0. The Morgan fingerprint density at radius 2 is 1.45 bits per heavy atom. The third-order valence-electron chi connectivity index (χ3n) is 6.27. The van der Waals surface area contributed by atoms with Crippen molar-refractivity contribution in [2.45, 2.75) is 26.2 Å². The van der Waals surface area contributed by atoms with Crippen LogP contribution in [0.5, 0.6) is 0 Å². The zero-order valence-corrected chi connectivity index (χ0v) is 17.5. The van der Waals surface area contributed by atoms with Gasteiger partial charge in [-0.15, -0.1) is 0 Å². The molecule has 150 valence electrons. The van der Waals surface area contributed by atoms with Crippen molar-refractivity contribution in [3.05, 3.63) is 72.3 Å². The average molecular weight is 404 g/mol. The lowest BCUT2D eigenvalue weighted by molar-refractivity contribution is 0.587. The Morgan fingerprint density at radius 1 is 0.774 bits per heavy atom. The lowest BCUT2D eigenvalue weighted by Gasteiger charge is -2.18. The minimum atomic E-state index is 0.0432. The van der Waals surface area contributed by atoms with Crippen molar-refractivity contribution in [2.24, 2.45) is 0 Å². The number of para-hydroxylation sites is 4. The fraction of sp³-hybridized carbons (Fsp3) is 0.154. The smallest absolute Gasteiger partial charge is 0.224 e. The number of hydrogen-bond acceptors (Lipinski definition) is 3. The van der Waals surface area contributed by atoms with Gasteiger partial charge in [-0.25, -0.2) is 14.4 Å². The molecule has 7 aromatic rings. The predicted molar refractivity (Wildman–Crippen MR) is 125 cm³/mol. The SMILES string of the molecule is CC(C)(C)c1ccc2c(c1)oc1c2c2nc3ccccc3n2c2nc3ccccc3n12. The second-order valence-electron chi connectivity index (χ2n) is 9.24. The van der Waals surface area contributed by atoms with Gasteiger partial charge in [0.05, 0.1) is 27.5 Å². The Bertz CT molecular complexity index is 1820. The van der Waals surface area contributed by atoms with E-state index in [1.54, 1.807) is 0 Å². The molecule has 5 heteroatoms. The summed E-state index contributed by atoms with van der Waals surface area (Å²) in [6.45, 7) is 6.66. The van der Waals surface area contributed by atoms with Gasteiger partial charge < -0.3 is 4.42 Å². The largest absolute Gasteiger partial charge is 0.439 e. The minimum absolute atomic E-state index is 0.0432. The molecule has 0 amide bonds. The van der Waals surface area contributed by atoms with Crippen LogP contribution in [-0.2, 0) is 5.41 Å². The summed E-state index contributed by atoms with van der Waals surface area (Å²) in [6.07, 6.45) is 0. The van der Waals surface area contributed by atoms with Crippen LogP contribution in [0, 0.1) is 0 Å². The molecule has 0 spiro atoms. The van der Waals surface area contributed by atoms with Gasteiger partial charge in [-0.1, -0.05) is 51.1 Å². The van der Waals surface area contributed by atoms with Crippen molar-refractivity contribution in [1.82, 2.24) is 18.8 Å². The average Bonchev–Trinajstić information content (AvgIpc) is 3.42. The highest BCUT2D eigenvalue weighted by atomic mass is 16.3. The van der Waals surface area contributed by atoms with Crippen molar-refractivity contribution >= 4 is 55.6 Å². The maximum atomic E-state index is 6.54. The summed E-state index contributed by atoms with van der Waals surface area (Å²) in [7, 11) is 0. The first-order valence-corrected chi connectivity index (χ1v) is 10.5. The number of nitrogens with zero attached hydrogens (tertiary/aromatic N) is 4. The van der Waals surface area contributed by atoms with E-state index in [4.69, 9.17) is 14.4 Å². The van der Waals surface area contributed by atoms with Gasteiger partial charge in [-0.2, -0.15) is 0 Å². The fourth-order valence-corrected chi connectivity index (χ4v) is 4.68. The van der Waals surface area contributed by atoms with E-state index in [0.29, 0.717) is 0 Å². The topological polar surface area (TPSA) is 47.7 Å². The van der Waals surface area contributed by atoms with E-state index in [-0.39, 0.29) is 5.41 Å². The lowest BCUT2D eigenvalue weighted by Crippen LogP contribution is -2.10. The molecule has 0 unspecified atom stereocenters. The van der Waals surface area contributed by atoms with Crippen LogP contribution in [0.25, 0.3) is 55.6 Å². The van der Waals surface area contributed by atoms with Crippen molar-refractivity contribution in [3.8, 4) is 0 Å². The van der Waals surface area contributed by atoms with Crippen LogP contribution in [0.3, 0.4) is 0 Å². The number of hydrogen-bond donors (Lipinski definition) is 0. The van der Waals surface area contributed by atoms with Gasteiger partial charge in [0.25, 0.3) is 0 Å². The quantitative estimate of drug-likeness (QED) is 0.290. The van der Waals surface area contributed by atoms with Crippen molar-refractivity contribution in [2.75, 3.05) is 0 Å². The molecule has 0 radical (unpaired) electrons. The maximum Gasteiger partial charge on any atom is 0.224 e. The van der Waals surface area contributed by atoms with Gasteiger partial charge in [0.1, 0.15) is 5.58 Å². The summed E-state index contributed by atoms with van der Waals surface area (Å²) >= 11 is 0. The third-order valence-corrected chi connectivity index (χ3v) is 6.27. The predicted octanol–water partition coefficient (Wildman–Crippen LogP) is 6.49. The number of fused-ring (bicyclic) bond motifs is 12. The summed E-state index contributed by atoms with van der Waals surface area (Å²) in [5.41, 5.74) is 7.78. The van der Waals surface area contributed by atoms with Crippen LogP contribution in [0.15, 0.2) is 71.1 Å². The van der Waals surface area contributed by atoms with Gasteiger partial charge in [0.15, 0.2) is 5.65 Å². The molecule has 0 aliphatic rings. The normalized spacial score (nSPS) is 13.0. The van der Waals surface area contributed by atoms with E-state index in [9.17, 15) is 0 Å². The second kappa shape index (κ2) is 5.43. The lowest BCUT2D eigenvalue weighted by atomic mass is 9.87. The zero-order valence-electron chi connectivity index (χ0n) is 17.5. The van der Waals surface area contributed by atoms with Crippen LogP contribution in [-0.4, -0.2) is 18.8 Å². The molecule has 0 saturated heterocycles. The van der Waals surface area contributed by atoms with Gasteiger partial charge >= 0.3 is 0 Å². The van der Waals surface area contributed by atoms with Gasteiger partial charge in [0, 0.05) is 5.39 Å². The van der Waals surface area contributed by atoms with Crippen molar-refractivity contribution in [3.63, 3.8) is 0 Å². The Hall–Kier alpha value is -3.86. The molecule has 0 N–H and O–H groups in total. The van der Waals surface area contributed by atoms with Crippen LogP contribution < -0.4 is 0 Å². The molecular weight excluding hydrogens is 384 g/mol. The summed E-state index contributed by atoms with van der Waals surface area (Å²) in [5.74, 6) is 0.813. The Kier molecular flexibility index (Phi) is 2.96. The van der Waals surface area contributed by atoms with Crippen molar-refractivity contribution < 1.29 is 4.42 Å². The molecule has 0 aliphatic carbocycles. The molecule has 0 saturated carbocycles. The maximum absolute atomic E-state index is 6.54. The van der Waals surface area contributed by atoms with E-state index in [1.165, 1.54) is 5.56 Å². The number of imidazole rings is 2. The Labute approximate surface area is 177 Å². The summed E-state index contributed by atoms with van der Waals surface area (Å²) in [5, 5.41) is 2.09. The van der Waals surface area contributed by atoms with Crippen LogP contribution in [0.1, 0.15) is 26.3 Å². The molecule has 5 nitrogen and oxygen atoms in total. The standard InChI is InChI=1S/C26H20N4O/c1-26(2,3)15-12-13-16-21(14-15)31-24-22(16)23-27-17-8-4-6-10-19(17)29(23)25-28-18-9-5-7-11-20(18)30(24)25/h4-14H,1-3H3.